The summed E-state index contributed by atoms with van der Waals surface area (Å²) >= 11 is 5.96. The Morgan fingerprint density at radius 3 is 2.65 bits per heavy atom. The summed E-state index contributed by atoms with van der Waals surface area (Å²) < 4.78 is 1.69. The Kier molecular flexibility index (Phi) is 5.49. The zero-order chi connectivity index (χ0) is 18.5. The maximum Gasteiger partial charge on any atom is 0.246 e. The van der Waals surface area contributed by atoms with Crippen molar-refractivity contribution >= 4 is 23.6 Å². The van der Waals surface area contributed by atoms with Crippen LogP contribution in [-0.2, 0) is 4.79 Å². The van der Waals surface area contributed by atoms with Gasteiger partial charge in [0.25, 0.3) is 0 Å². The summed E-state index contributed by atoms with van der Waals surface area (Å²) in [4.78, 5) is 18.1. The molecular weight excluding hydrogens is 348 g/mol. The van der Waals surface area contributed by atoms with Gasteiger partial charge < -0.3 is 4.90 Å². The van der Waals surface area contributed by atoms with Crippen molar-refractivity contribution in [3.63, 3.8) is 0 Å². The van der Waals surface area contributed by atoms with Crippen LogP contribution in [0.3, 0.4) is 0 Å². The number of amides is 1. The minimum atomic E-state index is -0.0715. The topological polar surface area (TPSA) is 51.0 Å². The van der Waals surface area contributed by atoms with E-state index in [-0.39, 0.29) is 11.9 Å². The summed E-state index contributed by atoms with van der Waals surface area (Å²) in [5, 5.41) is 4.75. The molecule has 132 valence electrons. The van der Waals surface area contributed by atoms with Gasteiger partial charge in [0.15, 0.2) is 0 Å². The first kappa shape index (κ1) is 17.9. The molecule has 26 heavy (non-hydrogen) atoms. The van der Waals surface area contributed by atoms with E-state index in [1.807, 2.05) is 49.4 Å². The van der Waals surface area contributed by atoms with Gasteiger partial charge in [0.1, 0.15) is 12.7 Å². The zero-order valence-electron chi connectivity index (χ0n) is 14.6. The summed E-state index contributed by atoms with van der Waals surface area (Å²) in [5.41, 5.74) is 2.86. The normalized spacial score (nSPS) is 12.3. The lowest BCUT2D eigenvalue weighted by molar-refractivity contribution is -0.126. The molecule has 0 N–H and O–H groups in total. The average molecular weight is 367 g/mol. The van der Waals surface area contributed by atoms with Crippen LogP contribution in [0.5, 0.6) is 0 Å². The average Bonchev–Trinajstić information content (AvgIpc) is 3.20. The molecule has 0 aliphatic carbocycles. The summed E-state index contributed by atoms with van der Waals surface area (Å²) in [5.74, 6) is -0.0715. The minimum absolute atomic E-state index is 0.0590. The second kappa shape index (κ2) is 7.97. The van der Waals surface area contributed by atoms with Crippen molar-refractivity contribution < 1.29 is 4.79 Å². The molecule has 2 aromatic carbocycles. The van der Waals surface area contributed by atoms with Gasteiger partial charge in [-0.15, -0.1) is 0 Å². The lowest BCUT2D eigenvalue weighted by Gasteiger charge is -2.24. The highest BCUT2D eigenvalue weighted by atomic mass is 35.5. The maximum atomic E-state index is 12.5. The molecule has 0 radical (unpaired) electrons. The Hall–Kier alpha value is -2.92. The smallest absolute Gasteiger partial charge is 0.246 e. The van der Waals surface area contributed by atoms with Gasteiger partial charge >= 0.3 is 0 Å². The van der Waals surface area contributed by atoms with Crippen molar-refractivity contribution in [1.82, 2.24) is 19.7 Å². The maximum absolute atomic E-state index is 12.5. The number of hydrogen-bond donors (Lipinski definition) is 0. The molecule has 0 saturated carbocycles. The molecule has 1 heterocycles. The predicted molar refractivity (Wildman–Crippen MR) is 103 cm³/mol. The molecule has 1 aromatic heterocycles. The van der Waals surface area contributed by atoms with Crippen LogP contribution in [0.1, 0.15) is 24.1 Å². The Labute approximate surface area is 157 Å². The van der Waals surface area contributed by atoms with Crippen LogP contribution >= 0.6 is 11.6 Å². The molecule has 0 spiro atoms. The number of carbonyl (C=O) groups excluding carboxylic acids is 1. The van der Waals surface area contributed by atoms with E-state index in [4.69, 9.17) is 11.6 Å². The lowest BCUT2D eigenvalue weighted by Crippen LogP contribution is -2.27. The lowest BCUT2D eigenvalue weighted by atomic mass is 10.1. The van der Waals surface area contributed by atoms with E-state index in [1.54, 1.807) is 41.2 Å². The number of rotatable bonds is 5. The molecule has 3 aromatic rings. The van der Waals surface area contributed by atoms with E-state index < -0.39 is 0 Å². The quantitative estimate of drug-likeness (QED) is 0.637. The fraction of sp³-hybridized carbons (Fsp3) is 0.150. The first-order valence-electron chi connectivity index (χ1n) is 8.20. The van der Waals surface area contributed by atoms with E-state index in [9.17, 15) is 4.79 Å². The molecule has 0 saturated heterocycles. The Morgan fingerprint density at radius 1 is 1.23 bits per heavy atom. The molecule has 5 nitrogen and oxygen atoms in total. The number of benzene rings is 2. The van der Waals surface area contributed by atoms with Crippen LogP contribution in [0.2, 0.25) is 5.02 Å². The SMILES string of the molecule is C[C@H](c1ccc(-n2cncn2)cc1)N(C)C(=O)/C=C/c1cccc(Cl)c1. The first-order valence-corrected chi connectivity index (χ1v) is 8.58. The summed E-state index contributed by atoms with van der Waals surface area (Å²) in [6, 6.07) is 15.2. The third-order valence-corrected chi connectivity index (χ3v) is 4.49. The Balaban J connectivity index is 1.68. The van der Waals surface area contributed by atoms with Crippen LogP contribution in [0.4, 0.5) is 0 Å². The molecular formula is C20H19ClN4O. The van der Waals surface area contributed by atoms with Gasteiger partial charge in [0, 0.05) is 18.1 Å². The number of likely N-dealkylation sites (N-methyl/N-ethyl adjacent to an activating group) is 1. The van der Waals surface area contributed by atoms with Crippen LogP contribution < -0.4 is 0 Å². The first-order chi connectivity index (χ1) is 12.5. The Morgan fingerprint density at radius 2 is 2.00 bits per heavy atom. The van der Waals surface area contributed by atoms with Crippen molar-refractivity contribution in [2.45, 2.75) is 13.0 Å². The van der Waals surface area contributed by atoms with Gasteiger partial charge in [0.2, 0.25) is 5.91 Å². The van der Waals surface area contributed by atoms with Gasteiger partial charge in [-0.05, 0) is 48.4 Å². The molecule has 0 aliphatic heterocycles. The third-order valence-electron chi connectivity index (χ3n) is 4.25. The second-order valence-corrected chi connectivity index (χ2v) is 6.38. The highest BCUT2D eigenvalue weighted by molar-refractivity contribution is 6.30. The third kappa shape index (κ3) is 4.18. The highest BCUT2D eigenvalue weighted by Crippen LogP contribution is 2.21. The van der Waals surface area contributed by atoms with E-state index in [0.717, 1.165) is 16.8 Å². The van der Waals surface area contributed by atoms with Gasteiger partial charge in [0.05, 0.1) is 11.7 Å². The molecule has 6 heteroatoms. The second-order valence-electron chi connectivity index (χ2n) is 5.95. The molecule has 0 fully saturated rings. The number of hydrogen-bond acceptors (Lipinski definition) is 3. The Bertz CT molecular complexity index is 904. The number of halogens is 1. The molecule has 0 bridgehead atoms. The van der Waals surface area contributed by atoms with Crippen molar-refractivity contribution in [2.24, 2.45) is 0 Å². The predicted octanol–water partition coefficient (Wildman–Crippen LogP) is 4.15. The molecule has 1 atom stereocenters. The van der Waals surface area contributed by atoms with Crippen molar-refractivity contribution in [2.75, 3.05) is 7.05 Å². The summed E-state index contributed by atoms with van der Waals surface area (Å²) in [6.45, 7) is 2.00. The zero-order valence-corrected chi connectivity index (χ0v) is 15.3. The summed E-state index contributed by atoms with van der Waals surface area (Å²) in [6.07, 6.45) is 6.47. The van der Waals surface area contributed by atoms with Crippen LogP contribution in [0.15, 0.2) is 67.3 Å². The summed E-state index contributed by atoms with van der Waals surface area (Å²) in [7, 11) is 1.79. The molecule has 0 unspecified atom stereocenters. The largest absolute Gasteiger partial charge is 0.335 e. The van der Waals surface area contributed by atoms with Crippen LogP contribution in [-0.4, -0.2) is 32.6 Å². The number of aromatic nitrogens is 3. The molecule has 3 rings (SSSR count). The highest BCUT2D eigenvalue weighted by Gasteiger charge is 2.15. The minimum Gasteiger partial charge on any atom is -0.335 e. The van der Waals surface area contributed by atoms with Crippen LogP contribution in [0, 0.1) is 0 Å². The molecule has 1 amide bonds. The van der Waals surface area contributed by atoms with Crippen molar-refractivity contribution in [3.8, 4) is 5.69 Å². The van der Waals surface area contributed by atoms with Crippen molar-refractivity contribution in [1.29, 1.82) is 0 Å². The van der Waals surface area contributed by atoms with Gasteiger partial charge in [-0.1, -0.05) is 35.9 Å². The fourth-order valence-corrected chi connectivity index (χ4v) is 2.76. The van der Waals surface area contributed by atoms with E-state index >= 15 is 0 Å². The molecule has 0 aliphatic rings. The van der Waals surface area contributed by atoms with E-state index in [0.29, 0.717) is 5.02 Å². The standard InChI is InChI=1S/C20H19ClN4O/c1-15(17-7-9-19(10-8-17)25-14-22-13-23-25)24(2)20(26)11-6-16-4-3-5-18(21)12-16/h3-15H,1-2H3/b11-6+/t15-/m1/s1. The number of carbonyl (C=O) groups is 1. The van der Waals surface area contributed by atoms with Crippen molar-refractivity contribution in [3.05, 3.63) is 83.4 Å². The van der Waals surface area contributed by atoms with E-state index in [1.165, 1.54) is 6.33 Å². The van der Waals surface area contributed by atoms with Gasteiger partial charge in [-0.25, -0.2) is 9.67 Å². The van der Waals surface area contributed by atoms with Gasteiger partial charge in [-0.2, -0.15) is 5.10 Å². The number of nitrogens with zero attached hydrogens (tertiary/aromatic N) is 4. The monoisotopic (exact) mass is 366 g/mol. The van der Waals surface area contributed by atoms with E-state index in [2.05, 4.69) is 10.1 Å². The fourth-order valence-electron chi connectivity index (χ4n) is 2.56. The van der Waals surface area contributed by atoms with Gasteiger partial charge in [-0.3, -0.25) is 4.79 Å². The van der Waals surface area contributed by atoms with Crippen LogP contribution in [0.25, 0.3) is 11.8 Å².